The Labute approximate surface area is 91.2 Å². The van der Waals surface area contributed by atoms with Crippen LogP contribution in [0.2, 0.25) is 0 Å². The minimum absolute atomic E-state index is 0.680. The lowest BCUT2D eigenvalue weighted by Crippen LogP contribution is -2.15. The maximum Gasteiger partial charge on any atom is 0.0401 e. The van der Waals surface area contributed by atoms with Crippen molar-refractivity contribution in [1.29, 1.82) is 0 Å². The van der Waals surface area contributed by atoms with Gasteiger partial charge < -0.3 is 0 Å². The zero-order valence-electron chi connectivity index (χ0n) is 9.37. The van der Waals surface area contributed by atoms with E-state index < -0.39 is 0 Å². The molecular formula is C13H18S. The summed E-state index contributed by atoms with van der Waals surface area (Å²) < 4.78 is 0. The minimum Gasteiger partial charge on any atom is -0.121 e. The molecule has 1 heteroatoms. The predicted molar refractivity (Wildman–Crippen MR) is 65.3 cm³/mol. The van der Waals surface area contributed by atoms with E-state index in [9.17, 15) is 0 Å². The third kappa shape index (κ3) is 1.70. The van der Waals surface area contributed by atoms with Gasteiger partial charge in [-0.3, -0.25) is 0 Å². The molecule has 0 saturated carbocycles. The highest BCUT2D eigenvalue weighted by atomic mass is 32.2. The third-order valence-corrected chi connectivity index (χ3v) is 4.68. The Bertz CT molecular complexity index is 331. The molecule has 0 nitrogen and oxygen atoms in total. The Hall–Kier alpha value is -0.430. The lowest BCUT2D eigenvalue weighted by molar-refractivity contribution is 0.732. The van der Waals surface area contributed by atoms with Crippen LogP contribution in [0.3, 0.4) is 0 Å². The molecule has 2 aliphatic rings. The van der Waals surface area contributed by atoms with Crippen molar-refractivity contribution in [2.24, 2.45) is 11.8 Å². The first kappa shape index (κ1) is 10.1. The smallest absolute Gasteiger partial charge is 0.0401 e. The number of rotatable bonds is 1. The molecule has 0 saturated heterocycles. The van der Waals surface area contributed by atoms with Crippen molar-refractivity contribution in [3.8, 4) is 0 Å². The van der Waals surface area contributed by atoms with Gasteiger partial charge in [0, 0.05) is 5.25 Å². The maximum atomic E-state index is 2.40. The summed E-state index contributed by atoms with van der Waals surface area (Å²) in [6, 6.07) is 0. The first-order valence-electron chi connectivity index (χ1n) is 5.36. The highest BCUT2D eigenvalue weighted by Gasteiger charge is 2.29. The Morgan fingerprint density at radius 2 is 2.00 bits per heavy atom. The van der Waals surface area contributed by atoms with E-state index in [-0.39, 0.29) is 0 Å². The third-order valence-electron chi connectivity index (χ3n) is 2.87. The van der Waals surface area contributed by atoms with E-state index >= 15 is 0 Å². The lowest BCUT2D eigenvalue weighted by atomic mass is 9.91. The molecule has 0 aromatic carbocycles. The average molecular weight is 206 g/mol. The van der Waals surface area contributed by atoms with E-state index in [2.05, 4.69) is 57.7 Å². The summed E-state index contributed by atoms with van der Waals surface area (Å²) in [5.74, 6) is 1.37. The van der Waals surface area contributed by atoms with Gasteiger partial charge in [-0.1, -0.05) is 38.5 Å². The Morgan fingerprint density at radius 3 is 2.64 bits per heavy atom. The number of thioether (sulfide) groups is 1. The molecule has 0 N–H and O–H groups in total. The standard InChI is InChI=1S/C13H18S/c1-8(2)12-7-11-6-9(3)5-10(4)13(11)14-12/h5-8,10,13H,1-4H3. The van der Waals surface area contributed by atoms with Crippen LogP contribution in [0.15, 0.2) is 34.3 Å². The highest BCUT2D eigenvalue weighted by Crippen LogP contribution is 2.45. The topological polar surface area (TPSA) is 0 Å². The largest absolute Gasteiger partial charge is 0.121 e. The van der Waals surface area contributed by atoms with Gasteiger partial charge in [-0.05, 0) is 35.3 Å². The molecule has 2 rings (SSSR count). The molecule has 1 aliphatic heterocycles. The highest BCUT2D eigenvalue weighted by molar-refractivity contribution is 8.04. The van der Waals surface area contributed by atoms with Crippen LogP contribution in [0.1, 0.15) is 27.7 Å². The second-order valence-electron chi connectivity index (χ2n) is 4.65. The van der Waals surface area contributed by atoms with E-state index in [1.54, 1.807) is 4.91 Å². The molecule has 2 atom stereocenters. The van der Waals surface area contributed by atoms with Gasteiger partial charge in [-0.15, -0.1) is 11.8 Å². The summed E-state index contributed by atoms with van der Waals surface area (Å²) in [6.45, 7) is 9.08. The Kier molecular flexibility index (Phi) is 2.61. The molecule has 0 spiro atoms. The van der Waals surface area contributed by atoms with E-state index in [0.717, 1.165) is 0 Å². The fourth-order valence-electron chi connectivity index (χ4n) is 2.15. The number of fused-ring (bicyclic) bond motifs is 1. The monoisotopic (exact) mass is 206 g/mol. The van der Waals surface area contributed by atoms with Crippen LogP contribution in [0, 0.1) is 11.8 Å². The van der Waals surface area contributed by atoms with Gasteiger partial charge in [0.2, 0.25) is 0 Å². The average Bonchev–Trinajstić information content (AvgIpc) is 2.47. The SMILES string of the molecule is CC1=CC(C)C2SC(C(C)C)=CC2=C1. The van der Waals surface area contributed by atoms with Crippen molar-refractivity contribution in [3.05, 3.63) is 34.3 Å². The fourth-order valence-corrected chi connectivity index (χ4v) is 3.48. The summed E-state index contributed by atoms with van der Waals surface area (Å²) >= 11 is 2.06. The number of allylic oxidation sites excluding steroid dienone is 5. The van der Waals surface area contributed by atoms with Gasteiger partial charge >= 0.3 is 0 Å². The summed E-state index contributed by atoms with van der Waals surface area (Å²) in [5, 5.41) is 0.691. The van der Waals surface area contributed by atoms with Crippen molar-refractivity contribution >= 4 is 11.8 Å². The van der Waals surface area contributed by atoms with Crippen molar-refractivity contribution in [2.45, 2.75) is 32.9 Å². The van der Waals surface area contributed by atoms with Gasteiger partial charge in [0.1, 0.15) is 0 Å². The van der Waals surface area contributed by atoms with Crippen molar-refractivity contribution < 1.29 is 0 Å². The first-order valence-corrected chi connectivity index (χ1v) is 6.24. The van der Waals surface area contributed by atoms with Crippen LogP contribution in [0.4, 0.5) is 0 Å². The van der Waals surface area contributed by atoms with E-state index in [1.165, 1.54) is 11.1 Å². The molecule has 14 heavy (non-hydrogen) atoms. The molecule has 76 valence electrons. The van der Waals surface area contributed by atoms with Gasteiger partial charge in [0.15, 0.2) is 0 Å². The van der Waals surface area contributed by atoms with Gasteiger partial charge in [-0.2, -0.15) is 0 Å². The number of hydrogen-bond donors (Lipinski definition) is 0. The normalized spacial score (nSPS) is 31.1. The van der Waals surface area contributed by atoms with Crippen LogP contribution in [-0.2, 0) is 0 Å². The molecule has 1 heterocycles. The Balaban J connectivity index is 2.28. The van der Waals surface area contributed by atoms with Crippen LogP contribution in [-0.4, -0.2) is 5.25 Å². The fraction of sp³-hybridized carbons (Fsp3) is 0.538. The molecule has 0 amide bonds. The van der Waals surface area contributed by atoms with Gasteiger partial charge in [0.25, 0.3) is 0 Å². The molecular weight excluding hydrogens is 188 g/mol. The van der Waals surface area contributed by atoms with Crippen LogP contribution >= 0.6 is 11.8 Å². The molecule has 0 aromatic heterocycles. The van der Waals surface area contributed by atoms with Crippen LogP contribution in [0.5, 0.6) is 0 Å². The van der Waals surface area contributed by atoms with Crippen molar-refractivity contribution in [3.63, 3.8) is 0 Å². The zero-order chi connectivity index (χ0) is 10.3. The molecule has 2 unspecified atom stereocenters. The molecule has 0 fully saturated rings. The second-order valence-corrected chi connectivity index (χ2v) is 5.87. The lowest BCUT2D eigenvalue weighted by Gasteiger charge is -2.22. The molecule has 0 bridgehead atoms. The minimum atomic E-state index is 0.680. The summed E-state index contributed by atoms with van der Waals surface area (Å²) in [7, 11) is 0. The molecule has 1 aliphatic carbocycles. The summed E-state index contributed by atoms with van der Waals surface area (Å²) in [5.41, 5.74) is 2.96. The maximum absolute atomic E-state index is 2.40. The predicted octanol–water partition coefficient (Wildman–Crippen LogP) is 4.16. The number of hydrogen-bond acceptors (Lipinski definition) is 1. The molecule has 0 aromatic rings. The quantitative estimate of drug-likeness (QED) is 0.620. The van der Waals surface area contributed by atoms with Crippen LogP contribution < -0.4 is 0 Å². The van der Waals surface area contributed by atoms with E-state index in [1.807, 2.05) is 0 Å². The van der Waals surface area contributed by atoms with E-state index in [0.29, 0.717) is 17.1 Å². The zero-order valence-corrected chi connectivity index (χ0v) is 10.2. The van der Waals surface area contributed by atoms with Gasteiger partial charge in [-0.25, -0.2) is 0 Å². The summed E-state index contributed by atoms with van der Waals surface area (Å²) in [4.78, 5) is 1.55. The van der Waals surface area contributed by atoms with Gasteiger partial charge in [0.05, 0.1) is 0 Å². The molecule has 0 radical (unpaired) electrons. The Morgan fingerprint density at radius 1 is 1.29 bits per heavy atom. The second kappa shape index (κ2) is 3.62. The van der Waals surface area contributed by atoms with Crippen molar-refractivity contribution in [2.75, 3.05) is 0 Å². The van der Waals surface area contributed by atoms with E-state index in [4.69, 9.17) is 0 Å². The van der Waals surface area contributed by atoms with Crippen molar-refractivity contribution in [1.82, 2.24) is 0 Å². The van der Waals surface area contributed by atoms with Crippen LogP contribution in [0.25, 0.3) is 0 Å². The summed E-state index contributed by atoms with van der Waals surface area (Å²) in [6.07, 6.45) is 7.12. The first-order chi connectivity index (χ1) is 6.58.